The number of benzene rings is 5. The molecule has 0 aliphatic rings. The van der Waals surface area contributed by atoms with Crippen molar-refractivity contribution in [3.63, 3.8) is 0 Å². The van der Waals surface area contributed by atoms with Gasteiger partial charge in [0, 0.05) is 16.7 Å². The number of aryl methyl sites for hydroxylation is 3. The van der Waals surface area contributed by atoms with Crippen molar-refractivity contribution in [2.24, 2.45) is 0 Å². The Morgan fingerprint density at radius 3 is 1.73 bits per heavy atom. The van der Waals surface area contributed by atoms with Crippen molar-refractivity contribution in [2.45, 2.75) is 33.6 Å². The molecule has 0 heterocycles. The van der Waals surface area contributed by atoms with Gasteiger partial charge in [0.2, 0.25) is 0 Å². The Morgan fingerprint density at radius 1 is 0.550 bits per heavy atom. The summed E-state index contributed by atoms with van der Waals surface area (Å²) in [7, 11) is 0. The maximum absolute atomic E-state index is 15.1. The lowest BCUT2D eigenvalue weighted by atomic mass is 9.97. The molecule has 5 aromatic carbocycles. The first-order valence-corrected chi connectivity index (χ1v) is 13.4. The zero-order valence-corrected chi connectivity index (χ0v) is 22.8. The summed E-state index contributed by atoms with van der Waals surface area (Å²) in [6, 6.07) is 28.6. The number of hydrogen-bond donors (Lipinski definition) is 0. The third-order valence-corrected chi connectivity index (χ3v) is 7.05. The van der Waals surface area contributed by atoms with Gasteiger partial charge < -0.3 is 0 Å². The van der Waals surface area contributed by atoms with Crippen LogP contribution in [0.4, 0.5) is 13.2 Å². The molecule has 0 aromatic heterocycles. The molecule has 0 amide bonds. The molecule has 0 aliphatic carbocycles. The van der Waals surface area contributed by atoms with Gasteiger partial charge in [-0.1, -0.05) is 91.9 Å². The molecule has 0 atom stereocenters. The van der Waals surface area contributed by atoms with Crippen molar-refractivity contribution in [1.29, 1.82) is 0 Å². The van der Waals surface area contributed by atoms with Gasteiger partial charge in [-0.2, -0.15) is 0 Å². The van der Waals surface area contributed by atoms with Crippen LogP contribution in [-0.4, -0.2) is 0 Å². The Balaban J connectivity index is 1.36. The minimum absolute atomic E-state index is 0.288. The summed E-state index contributed by atoms with van der Waals surface area (Å²) in [5.41, 5.74) is 7.67. The molecule has 5 aromatic rings. The SMILES string of the molecule is CCCc1ccc(-c2cc(C)c(C#Cc3ccc(-c4ccc(-c5ccc(C)cc5F)cc4)c(F)c3)c(F)c2)cc1. The Labute approximate surface area is 234 Å². The van der Waals surface area contributed by atoms with Crippen LogP contribution >= 0.6 is 0 Å². The van der Waals surface area contributed by atoms with Crippen LogP contribution in [-0.2, 0) is 6.42 Å². The first-order chi connectivity index (χ1) is 19.3. The average Bonchev–Trinajstić information content (AvgIpc) is 2.93. The van der Waals surface area contributed by atoms with Gasteiger partial charge in [-0.3, -0.25) is 0 Å². The van der Waals surface area contributed by atoms with Gasteiger partial charge in [0.1, 0.15) is 17.5 Å². The highest BCUT2D eigenvalue weighted by atomic mass is 19.1. The van der Waals surface area contributed by atoms with E-state index < -0.39 is 11.6 Å². The highest BCUT2D eigenvalue weighted by Gasteiger charge is 2.10. The zero-order valence-electron chi connectivity index (χ0n) is 22.8. The average molecular weight is 531 g/mol. The van der Waals surface area contributed by atoms with Crippen LogP contribution in [0, 0.1) is 43.1 Å². The Bertz CT molecular complexity index is 1710. The summed E-state index contributed by atoms with van der Waals surface area (Å²) in [6.45, 7) is 5.82. The molecule has 5 rings (SSSR count). The van der Waals surface area contributed by atoms with Gasteiger partial charge in [0.25, 0.3) is 0 Å². The quantitative estimate of drug-likeness (QED) is 0.198. The van der Waals surface area contributed by atoms with E-state index >= 15 is 8.78 Å². The normalized spacial score (nSPS) is 10.8. The largest absolute Gasteiger partial charge is 0.206 e. The summed E-state index contributed by atoms with van der Waals surface area (Å²) in [5.74, 6) is 4.69. The fourth-order valence-corrected chi connectivity index (χ4v) is 4.87. The molecular weight excluding hydrogens is 501 g/mol. The standard InChI is InChI=1S/C37H29F3/c1-4-5-26-7-11-28(12-8-26)31-21-25(3)32(37(40)23-31)18-9-27-10-19-34(36(39)22-27)30-15-13-29(14-16-30)33-17-6-24(2)20-35(33)38/h6-8,10-17,19-23H,4-5H2,1-3H3. The summed E-state index contributed by atoms with van der Waals surface area (Å²) in [5, 5.41) is 0. The van der Waals surface area contributed by atoms with E-state index in [0.717, 1.165) is 40.7 Å². The Hall–Kier alpha value is -4.55. The van der Waals surface area contributed by atoms with Crippen LogP contribution in [0.1, 0.15) is 41.2 Å². The van der Waals surface area contributed by atoms with Gasteiger partial charge in [-0.15, -0.1) is 0 Å². The molecule has 40 heavy (non-hydrogen) atoms. The molecule has 0 nitrogen and oxygen atoms in total. The molecule has 0 N–H and O–H groups in total. The lowest BCUT2D eigenvalue weighted by Crippen LogP contribution is -1.92. The van der Waals surface area contributed by atoms with Gasteiger partial charge in [0.15, 0.2) is 0 Å². The summed E-state index contributed by atoms with van der Waals surface area (Å²) < 4.78 is 44.5. The summed E-state index contributed by atoms with van der Waals surface area (Å²) in [4.78, 5) is 0. The third kappa shape index (κ3) is 5.87. The van der Waals surface area contributed by atoms with E-state index in [2.05, 4.69) is 30.9 Å². The maximum Gasteiger partial charge on any atom is 0.139 e. The van der Waals surface area contributed by atoms with E-state index in [0.29, 0.717) is 27.8 Å². The van der Waals surface area contributed by atoms with E-state index in [9.17, 15) is 4.39 Å². The molecule has 0 fully saturated rings. The Morgan fingerprint density at radius 2 is 1.15 bits per heavy atom. The number of rotatable bonds is 5. The molecular formula is C37H29F3. The third-order valence-electron chi connectivity index (χ3n) is 7.05. The fourth-order valence-electron chi connectivity index (χ4n) is 4.87. The molecule has 0 saturated heterocycles. The molecule has 3 heteroatoms. The minimum atomic E-state index is -0.430. The molecule has 0 saturated carbocycles. The highest BCUT2D eigenvalue weighted by molar-refractivity contribution is 5.72. The van der Waals surface area contributed by atoms with Crippen molar-refractivity contribution < 1.29 is 13.2 Å². The zero-order chi connectivity index (χ0) is 28.2. The van der Waals surface area contributed by atoms with Crippen molar-refractivity contribution in [2.75, 3.05) is 0 Å². The van der Waals surface area contributed by atoms with E-state index in [-0.39, 0.29) is 5.82 Å². The molecule has 0 spiro atoms. The van der Waals surface area contributed by atoms with Crippen molar-refractivity contribution >= 4 is 0 Å². The van der Waals surface area contributed by atoms with Crippen LogP contribution < -0.4 is 0 Å². The van der Waals surface area contributed by atoms with Crippen molar-refractivity contribution in [3.8, 4) is 45.2 Å². The van der Waals surface area contributed by atoms with Gasteiger partial charge in [0.05, 0.1) is 5.56 Å². The molecule has 0 radical (unpaired) electrons. The van der Waals surface area contributed by atoms with Crippen LogP contribution in [0.15, 0.2) is 97.1 Å². The lowest BCUT2D eigenvalue weighted by molar-refractivity contribution is 0.623. The van der Waals surface area contributed by atoms with E-state index in [1.54, 1.807) is 42.5 Å². The van der Waals surface area contributed by atoms with Gasteiger partial charge >= 0.3 is 0 Å². The molecule has 198 valence electrons. The van der Waals surface area contributed by atoms with E-state index in [1.165, 1.54) is 23.8 Å². The number of hydrogen-bond acceptors (Lipinski definition) is 0. The van der Waals surface area contributed by atoms with Crippen LogP contribution in [0.25, 0.3) is 33.4 Å². The summed E-state index contributed by atoms with van der Waals surface area (Å²) >= 11 is 0. The fraction of sp³-hybridized carbons (Fsp3) is 0.135. The first-order valence-electron chi connectivity index (χ1n) is 13.4. The molecule has 0 bridgehead atoms. The highest BCUT2D eigenvalue weighted by Crippen LogP contribution is 2.29. The predicted octanol–water partition coefficient (Wildman–Crippen LogP) is 10.1. The lowest BCUT2D eigenvalue weighted by Gasteiger charge is -2.08. The van der Waals surface area contributed by atoms with Crippen LogP contribution in [0.3, 0.4) is 0 Å². The van der Waals surface area contributed by atoms with E-state index in [4.69, 9.17) is 0 Å². The second-order valence-electron chi connectivity index (χ2n) is 10.1. The second-order valence-corrected chi connectivity index (χ2v) is 10.1. The number of halogens is 3. The summed E-state index contributed by atoms with van der Waals surface area (Å²) in [6.07, 6.45) is 2.10. The monoisotopic (exact) mass is 530 g/mol. The van der Waals surface area contributed by atoms with E-state index in [1.807, 2.05) is 38.1 Å². The second kappa shape index (κ2) is 11.7. The smallest absolute Gasteiger partial charge is 0.139 e. The van der Waals surface area contributed by atoms with Crippen molar-refractivity contribution in [3.05, 3.63) is 142 Å². The van der Waals surface area contributed by atoms with Crippen LogP contribution in [0.2, 0.25) is 0 Å². The maximum atomic E-state index is 15.1. The molecule has 0 unspecified atom stereocenters. The predicted molar refractivity (Wildman–Crippen MR) is 159 cm³/mol. The topological polar surface area (TPSA) is 0 Å². The van der Waals surface area contributed by atoms with Crippen molar-refractivity contribution in [1.82, 2.24) is 0 Å². The van der Waals surface area contributed by atoms with Crippen LogP contribution in [0.5, 0.6) is 0 Å². The Kier molecular flexibility index (Phi) is 7.89. The van der Waals surface area contributed by atoms with Gasteiger partial charge in [-0.25, -0.2) is 13.2 Å². The first kappa shape index (κ1) is 27.0. The molecule has 0 aliphatic heterocycles. The van der Waals surface area contributed by atoms with Gasteiger partial charge in [-0.05, 0) is 89.5 Å². The minimum Gasteiger partial charge on any atom is -0.206 e.